The second kappa shape index (κ2) is 8.36. The van der Waals surface area contributed by atoms with E-state index in [0.717, 1.165) is 18.2 Å². The maximum atomic E-state index is 14.1. The Morgan fingerprint density at radius 1 is 1.16 bits per heavy atom. The number of ether oxygens (including phenoxy) is 1. The largest absolute Gasteiger partial charge is 0.497 e. The Hall–Kier alpha value is -2.78. The molecule has 2 aromatic rings. The second-order valence-corrected chi connectivity index (χ2v) is 4.76. The van der Waals surface area contributed by atoms with E-state index in [0.29, 0.717) is 0 Å². The number of hydroxylamine groups is 1. The highest BCUT2D eigenvalue weighted by Gasteiger charge is 2.20. The summed E-state index contributed by atoms with van der Waals surface area (Å²) in [7, 11) is 1.35. The molecule has 134 valence electrons. The zero-order valence-corrected chi connectivity index (χ0v) is 13.1. The van der Waals surface area contributed by atoms with Crippen LogP contribution in [0.4, 0.5) is 24.5 Å². The van der Waals surface area contributed by atoms with Gasteiger partial charge in [-0.3, -0.25) is 9.63 Å². The highest BCUT2D eigenvalue weighted by molar-refractivity contribution is 6.00. The first-order chi connectivity index (χ1) is 12.0. The summed E-state index contributed by atoms with van der Waals surface area (Å²) in [5.41, 5.74) is 0.905. The van der Waals surface area contributed by atoms with Gasteiger partial charge in [-0.15, -0.1) is 0 Å². The van der Waals surface area contributed by atoms with Gasteiger partial charge in [0.05, 0.1) is 37.3 Å². The molecule has 0 fully saturated rings. The number of rotatable bonds is 7. The Labute approximate surface area is 141 Å². The highest BCUT2D eigenvalue weighted by atomic mass is 19.2. The Morgan fingerprint density at radius 3 is 2.56 bits per heavy atom. The van der Waals surface area contributed by atoms with Gasteiger partial charge < -0.3 is 15.2 Å². The molecule has 9 heteroatoms. The van der Waals surface area contributed by atoms with Crippen LogP contribution in [0.5, 0.6) is 5.75 Å². The number of hydrogen-bond donors (Lipinski definition) is 3. The second-order valence-electron chi connectivity index (χ2n) is 4.76. The molecule has 6 nitrogen and oxygen atoms in total. The molecule has 0 aliphatic rings. The van der Waals surface area contributed by atoms with Gasteiger partial charge in [-0.1, -0.05) is 0 Å². The molecule has 0 saturated carbocycles. The average molecular weight is 356 g/mol. The fourth-order valence-electron chi connectivity index (χ4n) is 1.94. The first kappa shape index (κ1) is 18.6. The van der Waals surface area contributed by atoms with Crippen LogP contribution in [0.3, 0.4) is 0 Å². The molecule has 0 aromatic heterocycles. The minimum Gasteiger partial charge on any atom is -0.497 e. The summed E-state index contributed by atoms with van der Waals surface area (Å²) >= 11 is 0. The number of benzene rings is 2. The summed E-state index contributed by atoms with van der Waals surface area (Å²) in [6.07, 6.45) is 0. The van der Waals surface area contributed by atoms with Gasteiger partial charge in [-0.2, -0.15) is 0 Å². The zero-order chi connectivity index (χ0) is 18.4. The molecule has 0 bridgehead atoms. The molecule has 2 rings (SSSR count). The highest BCUT2D eigenvalue weighted by Crippen LogP contribution is 2.29. The van der Waals surface area contributed by atoms with Gasteiger partial charge >= 0.3 is 0 Å². The third-order valence-electron chi connectivity index (χ3n) is 3.13. The van der Waals surface area contributed by atoms with Crippen molar-refractivity contribution in [2.24, 2.45) is 0 Å². The van der Waals surface area contributed by atoms with Gasteiger partial charge in [0.2, 0.25) is 0 Å². The molecule has 25 heavy (non-hydrogen) atoms. The quantitative estimate of drug-likeness (QED) is 0.525. The minimum absolute atomic E-state index is 0.185. The van der Waals surface area contributed by atoms with Crippen LogP contribution in [-0.2, 0) is 4.84 Å². The van der Waals surface area contributed by atoms with Crippen molar-refractivity contribution in [3.63, 3.8) is 0 Å². The van der Waals surface area contributed by atoms with E-state index in [1.807, 2.05) is 5.48 Å². The van der Waals surface area contributed by atoms with E-state index in [4.69, 9.17) is 9.84 Å². The summed E-state index contributed by atoms with van der Waals surface area (Å²) in [5, 5.41) is 11.0. The van der Waals surface area contributed by atoms with E-state index in [1.54, 1.807) is 0 Å². The third kappa shape index (κ3) is 4.40. The minimum atomic E-state index is -1.36. The number of nitrogens with one attached hydrogen (secondary N) is 2. The molecule has 0 atom stereocenters. The molecule has 1 amide bonds. The summed E-state index contributed by atoms with van der Waals surface area (Å²) in [6, 6.07) is 5.48. The maximum Gasteiger partial charge on any atom is 0.277 e. The van der Waals surface area contributed by atoms with Gasteiger partial charge in [0.15, 0.2) is 11.6 Å². The van der Waals surface area contributed by atoms with Crippen LogP contribution in [-0.4, -0.2) is 31.3 Å². The SMILES string of the molecule is COc1ccc(Nc2c(C(=O)NOCCO)ccc(F)c2F)c(F)c1. The molecule has 0 aliphatic heterocycles. The Bertz CT molecular complexity index is 771. The van der Waals surface area contributed by atoms with Crippen molar-refractivity contribution in [3.05, 3.63) is 53.3 Å². The van der Waals surface area contributed by atoms with Crippen LogP contribution in [0.15, 0.2) is 30.3 Å². The predicted molar refractivity (Wildman–Crippen MR) is 83.1 cm³/mol. The molecule has 0 saturated heterocycles. The van der Waals surface area contributed by atoms with E-state index in [1.165, 1.54) is 19.2 Å². The topological polar surface area (TPSA) is 79.8 Å². The van der Waals surface area contributed by atoms with Gasteiger partial charge in [-0.05, 0) is 24.3 Å². The normalized spacial score (nSPS) is 10.4. The summed E-state index contributed by atoms with van der Waals surface area (Å²) in [4.78, 5) is 16.7. The number of carbonyl (C=O) groups excluding carboxylic acids is 1. The fraction of sp³-hybridized carbons (Fsp3) is 0.188. The molecule has 2 aromatic carbocycles. The lowest BCUT2D eigenvalue weighted by molar-refractivity contribution is 0.0168. The van der Waals surface area contributed by atoms with Crippen molar-refractivity contribution in [2.75, 3.05) is 25.6 Å². The first-order valence-corrected chi connectivity index (χ1v) is 7.09. The predicted octanol–water partition coefficient (Wildman–Crippen LogP) is 2.51. The van der Waals surface area contributed by atoms with Gasteiger partial charge in [0, 0.05) is 6.07 Å². The molecular formula is C16H15F3N2O4. The van der Waals surface area contributed by atoms with Gasteiger partial charge in [-0.25, -0.2) is 18.7 Å². The fourth-order valence-corrected chi connectivity index (χ4v) is 1.94. The van der Waals surface area contributed by atoms with Gasteiger partial charge in [0.1, 0.15) is 11.6 Å². The Balaban J connectivity index is 2.35. The van der Waals surface area contributed by atoms with E-state index < -0.39 is 29.0 Å². The first-order valence-electron chi connectivity index (χ1n) is 7.09. The van der Waals surface area contributed by atoms with Gasteiger partial charge in [0.25, 0.3) is 5.91 Å². The van der Waals surface area contributed by atoms with E-state index in [2.05, 4.69) is 10.2 Å². The molecule has 3 N–H and O–H groups in total. The van der Waals surface area contributed by atoms with Crippen molar-refractivity contribution in [1.82, 2.24) is 5.48 Å². The van der Waals surface area contributed by atoms with Crippen LogP contribution >= 0.6 is 0 Å². The standard InChI is InChI=1S/C16H15F3N2O4/c1-24-9-2-5-13(12(18)8-9)20-15-10(3-4-11(17)14(15)19)16(23)21-25-7-6-22/h2-5,8,20,22H,6-7H2,1H3,(H,21,23). The van der Waals surface area contributed by atoms with Crippen molar-refractivity contribution in [2.45, 2.75) is 0 Å². The van der Waals surface area contributed by atoms with E-state index in [9.17, 15) is 18.0 Å². The average Bonchev–Trinajstić information content (AvgIpc) is 2.60. The number of amides is 1. The molecule has 0 unspecified atom stereocenters. The van der Waals surface area contributed by atoms with Crippen LogP contribution in [0.2, 0.25) is 0 Å². The summed E-state index contributed by atoms with van der Waals surface area (Å²) < 4.78 is 46.5. The van der Waals surface area contributed by atoms with Crippen LogP contribution in [0, 0.1) is 17.5 Å². The Kier molecular flexibility index (Phi) is 6.20. The molecular weight excluding hydrogens is 341 g/mol. The molecule has 0 radical (unpaired) electrons. The van der Waals surface area contributed by atoms with Crippen molar-refractivity contribution in [1.29, 1.82) is 0 Å². The molecule has 0 aliphatic carbocycles. The summed E-state index contributed by atoms with van der Waals surface area (Å²) in [5.74, 6) is -4.03. The van der Waals surface area contributed by atoms with Crippen LogP contribution in [0.25, 0.3) is 0 Å². The van der Waals surface area contributed by atoms with Crippen LogP contribution in [0.1, 0.15) is 10.4 Å². The molecule has 0 heterocycles. The number of aliphatic hydroxyl groups excluding tert-OH is 1. The van der Waals surface area contributed by atoms with Crippen LogP contribution < -0.4 is 15.5 Å². The Morgan fingerprint density at radius 2 is 1.92 bits per heavy atom. The number of hydrogen-bond acceptors (Lipinski definition) is 5. The maximum absolute atomic E-state index is 14.1. The number of carbonyl (C=O) groups is 1. The summed E-state index contributed by atoms with van der Waals surface area (Å²) in [6.45, 7) is -0.536. The van der Waals surface area contributed by atoms with E-state index >= 15 is 0 Å². The lowest BCUT2D eigenvalue weighted by atomic mass is 10.1. The van der Waals surface area contributed by atoms with Crippen molar-refractivity contribution >= 4 is 17.3 Å². The van der Waals surface area contributed by atoms with E-state index in [-0.39, 0.29) is 30.2 Å². The lowest BCUT2D eigenvalue weighted by Crippen LogP contribution is -2.26. The lowest BCUT2D eigenvalue weighted by Gasteiger charge is -2.14. The number of aliphatic hydroxyl groups is 1. The van der Waals surface area contributed by atoms with Crippen molar-refractivity contribution in [3.8, 4) is 5.75 Å². The zero-order valence-electron chi connectivity index (χ0n) is 13.1. The smallest absolute Gasteiger partial charge is 0.277 e. The third-order valence-corrected chi connectivity index (χ3v) is 3.13. The van der Waals surface area contributed by atoms with Crippen molar-refractivity contribution < 1.29 is 32.6 Å². The number of anilines is 2. The molecule has 0 spiro atoms. The monoisotopic (exact) mass is 356 g/mol. The number of halogens is 3. The number of methoxy groups -OCH3 is 1.